The number of carbonyl (C=O) groups excluding carboxylic acids is 1. The van der Waals surface area contributed by atoms with Gasteiger partial charge in [0.1, 0.15) is 0 Å². The molecule has 1 amide bonds. The van der Waals surface area contributed by atoms with Crippen LogP contribution in [0.5, 0.6) is 0 Å². The summed E-state index contributed by atoms with van der Waals surface area (Å²) in [5.41, 5.74) is 0.287. The van der Waals surface area contributed by atoms with Crippen LogP contribution in [0.1, 0.15) is 10.4 Å². The molecule has 1 aromatic carbocycles. The summed E-state index contributed by atoms with van der Waals surface area (Å²) in [6.07, 6.45) is 1.52. The summed E-state index contributed by atoms with van der Waals surface area (Å²) >= 11 is 1.49. The summed E-state index contributed by atoms with van der Waals surface area (Å²) in [5.74, 6) is 1.32. The SMILES string of the molecule is O=C(c1ccc([N+](=O)[O-])cc1)N1CCSc2nnc(-c3ccco3)n21. The Bertz CT molecular complexity index is 935. The number of nitro groups is 1. The number of fused-ring (bicyclic) bond motifs is 1. The molecule has 9 nitrogen and oxygen atoms in total. The Balaban J connectivity index is 1.72. The summed E-state index contributed by atoms with van der Waals surface area (Å²) in [7, 11) is 0. The van der Waals surface area contributed by atoms with Crippen molar-refractivity contribution in [2.24, 2.45) is 0 Å². The molecule has 25 heavy (non-hydrogen) atoms. The van der Waals surface area contributed by atoms with Gasteiger partial charge in [0.2, 0.25) is 11.0 Å². The van der Waals surface area contributed by atoms with Crippen LogP contribution in [0.25, 0.3) is 11.6 Å². The van der Waals surface area contributed by atoms with E-state index in [1.165, 1.54) is 47.3 Å². The van der Waals surface area contributed by atoms with Gasteiger partial charge in [-0.2, -0.15) is 0 Å². The lowest BCUT2D eigenvalue weighted by Gasteiger charge is -2.28. The molecule has 0 aliphatic carbocycles. The molecule has 0 bridgehead atoms. The van der Waals surface area contributed by atoms with E-state index >= 15 is 0 Å². The van der Waals surface area contributed by atoms with Gasteiger partial charge in [-0.1, -0.05) is 11.8 Å². The predicted molar refractivity (Wildman–Crippen MR) is 89.0 cm³/mol. The van der Waals surface area contributed by atoms with Gasteiger partial charge in [-0.15, -0.1) is 10.2 Å². The maximum atomic E-state index is 12.9. The van der Waals surface area contributed by atoms with Gasteiger partial charge in [-0.25, -0.2) is 9.69 Å². The zero-order valence-electron chi connectivity index (χ0n) is 12.7. The molecule has 4 rings (SSSR count). The Morgan fingerprint density at radius 1 is 1.24 bits per heavy atom. The van der Waals surface area contributed by atoms with Crippen molar-refractivity contribution in [3.63, 3.8) is 0 Å². The number of rotatable bonds is 3. The molecular formula is C15H11N5O4S. The summed E-state index contributed by atoms with van der Waals surface area (Å²) < 4.78 is 7.00. The number of benzene rings is 1. The molecule has 0 saturated heterocycles. The highest BCUT2D eigenvalue weighted by Gasteiger charge is 2.29. The van der Waals surface area contributed by atoms with Crippen LogP contribution in [-0.4, -0.2) is 38.0 Å². The normalized spacial score (nSPS) is 13.5. The summed E-state index contributed by atoms with van der Waals surface area (Å²) in [4.78, 5) is 23.2. The quantitative estimate of drug-likeness (QED) is 0.523. The Hall–Kier alpha value is -3.14. The third-order valence-corrected chi connectivity index (χ3v) is 4.59. The monoisotopic (exact) mass is 357 g/mol. The van der Waals surface area contributed by atoms with Gasteiger partial charge in [0, 0.05) is 23.4 Å². The number of hydrogen-bond donors (Lipinski definition) is 0. The van der Waals surface area contributed by atoms with Crippen molar-refractivity contribution in [2.75, 3.05) is 17.3 Å². The lowest BCUT2D eigenvalue weighted by atomic mass is 10.2. The standard InChI is InChI=1S/C15H11N5O4S/c21-14(10-3-5-11(6-4-10)20(22)23)18-7-9-25-15-17-16-13(19(15)18)12-2-1-8-24-12/h1-6,8H,7,9H2. The first-order valence-electron chi connectivity index (χ1n) is 7.34. The van der Waals surface area contributed by atoms with E-state index in [0.717, 1.165) is 0 Å². The van der Waals surface area contributed by atoms with E-state index in [-0.39, 0.29) is 11.6 Å². The maximum absolute atomic E-state index is 12.9. The molecular weight excluding hydrogens is 346 g/mol. The van der Waals surface area contributed by atoms with Gasteiger partial charge in [-0.3, -0.25) is 14.9 Å². The van der Waals surface area contributed by atoms with Crippen LogP contribution in [0.2, 0.25) is 0 Å². The van der Waals surface area contributed by atoms with Crippen LogP contribution >= 0.6 is 11.8 Å². The second-order valence-electron chi connectivity index (χ2n) is 5.18. The van der Waals surface area contributed by atoms with Gasteiger partial charge < -0.3 is 4.42 Å². The first kappa shape index (κ1) is 15.4. The van der Waals surface area contributed by atoms with Crippen molar-refractivity contribution in [1.82, 2.24) is 14.9 Å². The van der Waals surface area contributed by atoms with Crippen LogP contribution in [0.4, 0.5) is 5.69 Å². The topological polar surface area (TPSA) is 107 Å². The molecule has 0 atom stereocenters. The Morgan fingerprint density at radius 2 is 2.04 bits per heavy atom. The van der Waals surface area contributed by atoms with Crippen molar-refractivity contribution in [3.05, 3.63) is 58.3 Å². The molecule has 2 aromatic heterocycles. The molecule has 0 spiro atoms. The zero-order chi connectivity index (χ0) is 17.4. The predicted octanol–water partition coefficient (Wildman–Crippen LogP) is 2.33. The number of furan rings is 1. The molecule has 0 saturated carbocycles. The van der Waals surface area contributed by atoms with E-state index in [1.54, 1.807) is 16.8 Å². The van der Waals surface area contributed by atoms with E-state index in [9.17, 15) is 14.9 Å². The lowest BCUT2D eigenvalue weighted by Crippen LogP contribution is -2.45. The van der Waals surface area contributed by atoms with Crippen molar-refractivity contribution >= 4 is 23.4 Å². The number of amides is 1. The minimum atomic E-state index is -0.501. The van der Waals surface area contributed by atoms with E-state index < -0.39 is 4.92 Å². The third-order valence-electron chi connectivity index (χ3n) is 3.69. The molecule has 10 heteroatoms. The molecule has 126 valence electrons. The highest BCUT2D eigenvalue weighted by Crippen LogP contribution is 2.28. The van der Waals surface area contributed by atoms with E-state index in [2.05, 4.69) is 10.2 Å². The largest absolute Gasteiger partial charge is 0.461 e. The number of carbonyl (C=O) groups is 1. The van der Waals surface area contributed by atoms with E-state index in [0.29, 0.717) is 34.6 Å². The molecule has 0 radical (unpaired) electrons. The van der Waals surface area contributed by atoms with Crippen molar-refractivity contribution < 1.29 is 14.1 Å². The average Bonchev–Trinajstić information content (AvgIpc) is 3.30. The molecule has 0 N–H and O–H groups in total. The maximum Gasteiger partial charge on any atom is 0.272 e. The number of thioether (sulfide) groups is 1. The fourth-order valence-electron chi connectivity index (χ4n) is 2.52. The highest BCUT2D eigenvalue weighted by molar-refractivity contribution is 7.99. The van der Waals surface area contributed by atoms with E-state index in [4.69, 9.17) is 4.42 Å². The van der Waals surface area contributed by atoms with Crippen molar-refractivity contribution in [2.45, 2.75) is 5.16 Å². The zero-order valence-corrected chi connectivity index (χ0v) is 13.5. The van der Waals surface area contributed by atoms with Gasteiger partial charge in [0.05, 0.1) is 17.7 Å². The fourth-order valence-corrected chi connectivity index (χ4v) is 3.38. The van der Waals surface area contributed by atoms with Gasteiger partial charge in [0.25, 0.3) is 11.6 Å². The minimum Gasteiger partial charge on any atom is -0.461 e. The number of nitrogens with zero attached hydrogens (tertiary/aromatic N) is 5. The summed E-state index contributed by atoms with van der Waals surface area (Å²) in [5, 5.41) is 21.1. The molecule has 3 aromatic rings. The van der Waals surface area contributed by atoms with Crippen LogP contribution in [0.3, 0.4) is 0 Å². The lowest BCUT2D eigenvalue weighted by molar-refractivity contribution is -0.384. The molecule has 3 heterocycles. The smallest absolute Gasteiger partial charge is 0.272 e. The first-order chi connectivity index (χ1) is 12.1. The molecule has 0 unspecified atom stereocenters. The average molecular weight is 357 g/mol. The number of hydrogen-bond acceptors (Lipinski definition) is 7. The number of non-ortho nitro benzene ring substituents is 1. The van der Waals surface area contributed by atoms with Gasteiger partial charge >= 0.3 is 0 Å². The Kier molecular flexibility index (Phi) is 3.73. The Morgan fingerprint density at radius 3 is 2.72 bits per heavy atom. The van der Waals surface area contributed by atoms with Crippen LogP contribution in [0, 0.1) is 10.1 Å². The summed E-state index contributed by atoms with van der Waals surface area (Å²) in [6, 6.07) is 8.98. The van der Waals surface area contributed by atoms with Gasteiger partial charge in [0.15, 0.2) is 5.76 Å². The first-order valence-corrected chi connectivity index (χ1v) is 8.32. The second kappa shape index (κ2) is 6.06. The highest BCUT2D eigenvalue weighted by atomic mass is 32.2. The third kappa shape index (κ3) is 2.66. The molecule has 0 fully saturated rings. The molecule has 1 aliphatic rings. The molecule has 1 aliphatic heterocycles. The summed E-state index contributed by atoms with van der Waals surface area (Å²) in [6.45, 7) is 0.458. The fraction of sp³-hybridized carbons (Fsp3) is 0.133. The second-order valence-corrected chi connectivity index (χ2v) is 6.24. The number of aromatic nitrogens is 3. The van der Waals surface area contributed by atoms with Crippen LogP contribution < -0.4 is 5.01 Å². The van der Waals surface area contributed by atoms with E-state index in [1.807, 2.05) is 0 Å². The minimum absolute atomic E-state index is 0.0630. The Labute approximate surface area is 145 Å². The van der Waals surface area contributed by atoms with Crippen molar-refractivity contribution in [1.29, 1.82) is 0 Å². The van der Waals surface area contributed by atoms with Gasteiger partial charge in [-0.05, 0) is 24.3 Å². The van der Waals surface area contributed by atoms with Crippen LogP contribution in [-0.2, 0) is 0 Å². The number of nitro benzene ring substituents is 1. The van der Waals surface area contributed by atoms with Crippen LogP contribution in [0.15, 0.2) is 52.2 Å². The van der Waals surface area contributed by atoms with Crippen molar-refractivity contribution in [3.8, 4) is 11.6 Å².